The number of hydrogen-bond acceptors (Lipinski definition) is 6. The van der Waals surface area contributed by atoms with Crippen molar-refractivity contribution >= 4 is 17.1 Å². The molecule has 6 heteroatoms. The van der Waals surface area contributed by atoms with Gasteiger partial charge in [0.05, 0.1) is 6.54 Å². The SMILES string of the molecule is CN(Cc1noc(C2CCC2)n1)c1nc2ccccc2o1. The number of fused-ring (bicyclic) bond motifs is 1. The van der Waals surface area contributed by atoms with Crippen LogP contribution in [0.15, 0.2) is 33.2 Å². The van der Waals surface area contributed by atoms with E-state index in [9.17, 15) is 0 Å². The van der Waals surface area contributed by atoms with Gasteiger partial charge in [0.25, 0.3) is 6.01 Å². The fourth-order valence-corrected chi connectivity index (χ4v) is 2.46. The lowest BCUT2D eigenvalue weighted by Crippen LogP contribution is -2.17. The number of aromatic nitrogens is 3. The van der Waals surface area contributed by atoms with Gasteiger partial charge in [0.1, 0.15) is 5.52 Å². The first-order valence-electron chi connectivity index (χ1n) is 7.19. The van der Waals surface area contributed by atoms with Gasteiger partial charge in [-0.05, 0) is 25.0 Å². The van der Waals surface area contributed by atoms with Crippen LogP contribution in [0.25, 0.3) is 11.1 Å². The molecular formula is C15H16N4O2. The van der Waals surface area contributed by atoms with E-state index < -0.39 is 0 Å². The Labute approximate surface area is 121 Å². The average Bonchev–Trinajstić information content (AvgIpc) is 3.03. The number of hydrogen-bond donors (Lipinski definition) is 0. The Hall–Kier alpha value is -2.37. The molecule has 1 aliphatic carbocycles. The van der Waals surface area contributed by atoms with E-state index in [0.717, 1.165) is 29.8 Å². The highest BCUT2D eigenvalue weighted by molar-refractivity contribution is 5.74. The zero-order chi connectivity index (χ0) is 14.2. The van der Waals surface area contributed by atoms with Gasteiger partial charge in [-0.2, -0.15) is 9.97 Å². The van der Waals surface area contributed by atoms with E-state index in [-0.39, 0.29) is 0 Å². The maximum atomic E-state index is 5.72. The monoisotopic (exact) mass is 284 g/mol. The summed E-state index contributed by atoms with van der Waals surface area (Å²) in [6.45, 7) is 0.517. The molecule has 1 saturated carbocycles. The van der Waals surface area contributed by atoms with Gasteiger partial charge in [-0.3, -0.25) is 0 Å². The number of anilines is 1. The third-order valence-corrected chi connectivity index (χ3v) is 3.93. The van der Waals surface area contributed by atoms with Crippen molar-refractivity contribution in [2.45, 2.75) is 31.7 Å². The van der Waals surface area contributed by atoms with E-state index in [1.165, 1.54) is 6.42 Å². The van der Waals surface area contributed by atoms with E-state index in [1.807, 2.05) is 36.2 Å². The molecule has 6 nitrogen and oxygen atoms in total. The molecule has 1 aromatic carbocycles. The summed E-state index contributed by atoms with van der Waals surface area (Å²) in [5.41, 5.74) is 1.63. The van der Waals surface area contributed by atoms with Crippen LogP contribution in [0.3, 0.4) is 0 Å². The van der Waals surface area contributed by atoms with E-state index >= 15 is 0 Å². The van der Waals surface area contributed by atoms with Crippen molar-refractivity contribution in [1.29, 1.82) is 0 Å². The third-order valence-electron chi connectivity index (χ3n) is 3.93. The van der Waals surface area contributed by atoms with Crippen LogP contribution in [-0.4, -0.2) is 22.2 Å². The van der Waals surface area contributed by atoms with Gasteiger partial charge in [0.15, 0.2) is 11.4 Å². The highest BCUT2D eigenvalue weighted by Crippen LogP contribution is 2.35. The molecule has 0 saturated heterocycles. The van der Waals surface area contributed by atoms with E-state index in [1.54, 1.807) is 0 Å². The minimum absolute atomic E-state index is 0.459. The lowest BCUT2D eigenvalue weighted by atomic mass is 9.85. The number of rotatable bonds is 4. The van der Waals surface area contributed by atoms with Crippen molar-refractivity contribution in [3.63, 3.8) is 0 Å². The number of para-hydroxylation sites is 2. The maximum absolute atomic E-state index is 5.72. The summed E-state index contributed by atoms with van der Waals surface area (Å²) in [7, 11) is 1.91. The highest BCUT2D eigenvalue weighted by Gasteiger charge is 2.25. The molecule has 2 heterocycles. The minimum Gasteiger partial charge on any atom is -0.423 e. The molecule has 0 spiro atoms. The summed E-state index contributed by atoms with van der Waals surface area (Å²) in [6, 6.07) is 8.27. The first kappa shape index (κ1) is 12.4. The first-order chi connectivity index (χ1) is 10.3. The smallest absolute Gasteiger partial charge is 0.298 e. The van der Waals surface area contributed by atoms with Gasteiger partial charge in [0.2, 0.25) is 5.89 Å². The van der Waals surface area contributed by atoms with Gasteiger partial charge < -0.3 is 13.8 Å². The molecular weight excluding hydrogens is 268 g/mol. The first-order valence-corrected chi connectivity index (χ1v) is 7.19. The lowest BCUT2D eigenvalue weighted by molar-refractivity contribution is 0.291. The number of nitrogens with zero attached hydrogens (tertiary/aromatic N) is 4. The Morgan fingerprint density at radius 3 is 2.86 bits per heavy atom. The van der Waals surface area contributed by atoms with Crippen molar-refractivity contribution in [1.82, 2.24) is 15.1 Å². The molecule has 1 aliphatic rings. The van der Waals surface area contributed by atoms with Crippen molar-refractivity contribution < 1.29 is 8.94 Å². The largest absolute Gasteiger partial charge is 0.423 e. The van der Waals surface area contributed by atoms with Crippen molar-refractivity contribution in [3.05, 3.63) is 36.0 Å². The maximum Gasteiger partial charge on any atom is 0.298 e. The zero-order valence-electron chi connectivity index (χ0n) is 11.8. The molecule has 3 aromatic rings. The number of benzene rings is 1. The van der Waals surface area contributed by atoms with Crippen LogP contribution >= 0.6 is 0 Å². The Kier molecular flexibility index (Phi) is 2.87. The molecule has 0 aliphatic heterocycles. The summed E-state index contributed by atoms with van der Waals surface area (Å²) in [6.07, 6.45) is 3.57. The molecule has 0 bridgehead atoms. The fraction of sp³-hybridized carbons (Fsp3) is 0.400. The molecule has 108 valence electrons. The second-order valence-corrected chi connectivity index (χ2v) is 5.50. The summed E-state index contributed by atoms with van der Waals surface area (Å²) in [5.74, 6) is 1.89. The van der Waals surface area contributed by atoms with Crippen molar-refractivity contribution in [2.24, 2.45) is 0 Å². The topological polar surface area (TPSA) is 68.2 Å². The van der Waals surface area contributed by atoms with Crippen LogP contribution in [0.5, 0.6) is 0 Å². The predicted molar refractivity (Wildman–Crippen MR) is 77.0 cm³/mol. The van der Waals surface area contributed by atoms with E-state index in [0.29, 0.717) is 24.3 Å². The highest BCUT2D eigenvalue weighted by atomic mass is 16.5. The molecule has 21 heavy (non-hydrogen) atoms. The molecule has 0 N–H and O–H groups in total. The van der Waals surface area contributed by atoms with Gasteiger partial charge in [-0.15, -0.1) is 0 Å². The summed E-state index contributed by atoms with van der Waals surface area (Å²) >= 11 is 0. The predicted octanol–water partition coefficient (Wildman–Crippen LogP) is 3.11. The van der Waals surface area contributed by atoms with Crippen molar-refractivity contribution in [2.75, 3.05) is 11.9 Å². The molecule has 0 unspecified atom stereocenters. The Morgan fingerprint density at radius 1 is 1.24 bits per heavy atom. The Bertz CT molecular complexity index is 727. The van der Waals surface area contributed by atoms with Gasteiger partial charge in [-0.25, -0.2) is 0 Å². The van der Waals surface area contributed by atoms with Crippen LogP contribution < -0.4 is 4.90 Å². The molecule has 2 aromatic heterocycles. The van der Waals surface area contributed by atoms with Crippen LogP contribution in [0.1, 0.15) is 36.9 Å². The standard InChI is InChI=1S/C15H16N4O2/c1-19(15-16-11-7-2-3-8-12(11)20-15)9-13-17-14(21-18-13)10-5-4-6-10/h2-3,7-8,10H,4-6,9H2,1H3. The van der Waals surface area contributed by atoms with Crippen LogP contribution in [0.4, 0.5) is 6.01 Å². The second kappa shape index (κ2) is 4.87. The lowest BCUT2D eigenvalue weighted by Gasteiger charge is -2.20. The molecule has 0 amide bonds. The molecule has 4 rings (SSSR count). The van der Waals surface area contributed by atoms with Gasteiger partial charge in [0, 0.05) is 13.0 Å². The normalized spacial score (nSPS) is 15.3. The quantitative estimate of drug-likeness (QED) is 0.733. The Morgan fingerprint density at radius 2 is 2.10 bits per heavy atom. The number of oxazole rings is 1. The van der Waals surface area contributed by atoms with Crippen LogP contribution in [0.2, 0.25) is 0 Å². The van der Waals surface area contributed by atoms with E-state index in [4.69, 9.17) is 8.94 Å². The summed E-state index contributed by atoms with van der Waals surface area (Å²) < 4.78 is 11.0. The van der Waals surface area contributed by atoms with Gasteiger partial charge in [-0.1, -0.05) is 23.7 Å². The average molecular weight is 284 g/mol. The van der Waals surface area contributed by atoms with Crippen LogP contribution in [-0.2, 0) is 6.54 Å². The van der Waals surface area contributed by atoms with Crippen LogP contribution in [0, 0.1) is 0 Å². The Balaban J connectivity index is 1.51. The fourth-order valence-electron chi connectivity index (χ4n) is 2.46. The zero-order valence-corrected chi connectivity index (χ0v) is 11.8. The summed E-state index contributed by atoms with van der Waals surface area (Å²) in [5, 5.41) is 4.04. The minimum atomic E-state index is 0.459. The van der Waals surface area contributed by atoms with E-state index in [2.05, 4.69) is 15.1 Å². The molecule has 0 radical (unpaired) electrons. The second-order valence-electron chi connectivity index (χ2n) is 5.50. The summed E-state index contributed by atoms with van der Waals surface area (Å²) in [4.78, 5) is 10.8. The molecule has 1 fully saturated rings. The molecule has 0 atom stereocenters. The van der Waals surface area contributed by atoms with Gasteiger partial charge >= 0.3 is 0 Å². The third kappa shape index (κ3) is 2.26. The van der Waals surface area contributed by atoms with Crippen molar-refractivity contribution in [3.8, 4) is 0 Å².